The van der Waals surface area contributed by atoms with Crippen molar-refractivity contribution >= 4 is 40.9 Å². The van der Waals surface area contributed by atoms with Crippen LogP contribution in [0.5, 0.6) is 0 Å². The second-order valence-corrected chi connectivity index (χ2v) is 10.9. The molecule has 1 heterocycles. The third kappa shape index (κ3) is 5.84. The first-order chi connectivity index (χ1) is 13.0. The zero-order valence-electron chi connectivity index (χ0n) is 17.7. The molecule has 1 aromatic heterocycles. The largest absolute Gasteiger partial charge is 0.591 e. The van der Waals surface area contributed by atoms with Crippen molar-refractivity contribution in [2.24, 2.45) is 10.3 Å². The van der Waals surface area contributed by atoms with E-state index >= 15 is 0 Å². The Labute approximate surface area is 176 Å². The summed E-state index contributed by atoms with van der Waals surface area (Å²) in [6.07, 6.45) is 6.42. The number of halogens is 1. The molecule has 0 bridgehead atoms. The second kappa shape index (κ2) is 9.46. The fourth-order valence-corrected chi connectivity index (χ4v) is 3.93. The summed E-state index contributed by atoms with van der Waals surface area (Å²) in [5.74, 6) is 1.12. The minimum absolute atomic E-state index is 0.190. The van der Waals surface area contributed by atoms with Crippen molar-refractivity contribution < 1.29 is 9.35 Å². The molecule has 1 atom stereocenters. The molecular formula is C20H31ClN4O2S. The lowest BCUT2D eigenvalue weighted by Gasteiger charge is -2.24. The molecule has 1 aromatic rings. The molecule has 28 heavy (non-hydrogen) atoms. The van der Waals surface area contributed by atoms with Crippen molar-refractivity contribution in [2.75, 3.05) is 32.6 Å². The predicted octanol–water partition coefficient (Wildman–Crippen LogP) is 3.94. The Morgan fingerprint density at radius 1 is 1.36 bits per heavy atom. The standard InChI is InChI=1S/C20H31ClN4O2S/c1-20(2,3)28(27)22-12-16-15(19(26)24(4)5)11-17(23-18(16)21)25(6)13-14-9-7-8-10-14/h11-12,14H,7-10,13H2,1-6H3/b22-12+. The minimum Gasteiger partial charge on any atom is -0.591 e. The summed E-state index contributed by atoms with van der Waals surface area (Å²) < 4.78 is 15.9. The Hall–Kier alpha value is -1.31. The Morgan fingerprint density at radius 2 is 1.96 bits per heavy atom. The molecule has 2 rings (SSSR count). The summed E-state index contributed by atoms with van der Waals surface area (Å²) in [7, 11) is 5.35. The van der Waals surface area contributed by atoms with Gasteiger partial charge in [0.1, 0.15) is 27.1 Å². The van der Waals surface area contributed by atoms with Gasteiger partial charge in [0.05, 0.1) is 11.8 Å². The average molecular weight is 427 g/mol. The maximum Gasteiger partial charge on any atom is 0.254 e. The van der Waals surface area contributed by atoms with E-state index in [2.05, 4.69) is 14.3 Å². The van der Waals surface area contributed by atoms with E-state index < -0.39 is 16.1 Å². The SMILES string of the molecule is CN(C)C(=O)c1cc(N(C)CC2CCCC2)nc(Cl)c1/C=N/[S+]([O-])C(C)(C)C. The normalized spacial score (nSPS) is 16.6. The molecule has 1 saturated carbocycles. The molecule has 1 unspecified atom stereocenters. The monoisotopic (exact) mass is 426 g/mol. The fraction of sp³-hybridized carbons (Fsp3) is 0.650. The zero-order chi connectivity index (χ0) is 21.1. The molecule has 1 aliphatic rings. The van der Waals surface area contributed by atoms with Crippen molar-refractivity contribution in [3.8, 4) is 0 Å². The molecule has 0 aromatic carbocycles. The van der Waals surface area contributed by atoms with Gasteiger partial charge in [0.25, 0.3) is 5.91 Å². The topological polar surface area (TPSA) is 71.9 Å². The van der Waals surface area contributed by atoms with E-state index in [1.54, 1.807) is 20.2 Å². The molecule has 0 aliphatic heterocycles. The highest BCUT2D eigenvalue weighted by molar-refractivity contribution is 7.91. The van der Waals surface area contributed by atoms with Crippen LogP contribution in [0.1, 0.15) is 62.4 Å². The van der Waals surface area contributed by atoms with Crippen LogP contribution in [0.3, 0.4) is 0 Å². The first-order valence-electron chi connectivity index (χ1n) is 9.60. The van der Waals surface area contributed by atoms with Gasteiger partial charge in [-0.05, 0) is 45.6 Å². The molecule has 1 aliphatic carbocycles. The molecule has 1 fully saturated rings. The van der Waals surface area contributed by atoms with Crippen LogP contribution in [0, 0.1) is 5.92 Å². The van der Waals surface area contributed by atoms with Crippen LogP contribution >= 0.6 is 11.6 Å². The number of carbonyl (C=O) groups excluding carboxylic acids is 1. The number of nitrogens with zero attached hydrogens (tertiary/aromatic N) is 4. The molecule has 6 nitrogen and oxygen atoms in total. The van der Waals surface area contributed by atoms with E-state index in [0.717, 1.165) is 6.54 Å². The van der Waals surface area contributed by atoms with Crippen LogP contribution in [-0.2, 0) is 11.4 Å². The van der Waals surface area contributed by atoms with Crippen LogP contribution in [0.15, 0.2) is 10.5 Å². The number of carbonyl (C=O) groups is 1. The van der Waals surface area contributed by atoms with Gasteiger partial charge in [0.15, 0.2) is 0 Å². The summed E-state index contributed by atoms with van der Waals surface area (Å²) in [6, 6.07) is 1.75. The van der Waals surface area contributed by atoms with Crippen molar-refractivity contribution in [2.45, 2.75) is 51.2 Å². The third-order valence-corrected chi connectivity index (χ3v) is 6.47. The van der Waals surface area contributed by atoms with Crippen molar-refractivity contribution in [3.63, 3.8) is 0 Å². The molecule has 0 N–H and O–H groups in total. The van der Waals surface area contributed by atoms with Crippen LogP contribution < -0.4 is 4.90 Å². The zero-order valence-corrected chi connectivity index (χ0v) is 19.2. The molecule has 1 amide bonds. The van der Waals surface area contributed by atoms with Gasteiger partial charge in [-0.2, -0.15) is 0 Å². The van der Waals surface area contributed by atoms with Crippen LogP contribution in [0.25, 0.3) is 0 Å². The minimum atomic E-state index is -1.45. The highest BCUT2D eigenvalue weighted by Crippen LogP contribution is 2.29. The van der Waals surface area contributed by atoms with Gasteiger partial charge in [-0.15, -0.1) is 0 Å². The first-order valence-corrected chi connectivity index (χ1v) is 11.1. The van der Waals surface area contributed by atoms with Gasteiger partial charge in [0, 0.05) is 33.3 Å². The van der Waals surface area contributed by atoms with E-state index in [9.17, 15) is 9.35 Å². The number of anilines is 1. The van der Waals surface area contributed by atoms with E-state index in [1.807, 2.05) is 27.8 Å². The van der Waals surface area contributed by atoms with Gasteiger partial charge in [-0.3, -0.25) is 4.79 Å². The molecule has 0 radical (unpaired) electrons. The molecule has 156 valence electrons. The smallest absolute Gasteiger partial charge is 0.254 e. The summed E-state index contributed by atoms with van der Waals surface area (Å²) in [5.41, 5.74) is 0.809. The number of rotatable bonds is 6. The quantitative estimate of drug-likeness (QED) is 0.392. The molecule has 0 spiro atoms. The Morgan fingerprint density at radius 3 is 2.50 bits per heavy atom. The number of hydrogen-bond acceptors (Lipinski definition) is 5. The lowest BCUT2D eigenvalue weighted by molar-refractivity contribution is 0.0827. The summed E-state index contributed by atoms with van der Waals surface area (Å²) in [6.45, 7) is 6.41. The summed E-state index contributed by atoms with van der Waals surface area (Å²) in [5, 5.41) is 0.190. The maximum atomic E-state index is 12.8. The summed E-state index contributed by atoms with van der Waals surface area (Å²) >= 11 is 4.99. The van der Waals surface area contributed by atoms with Gasteiger partial charge in [-0.1, -0.05) is 28.8 Å². The molecule has 8 heteroatoms. The number of pyridine rings is 1. The van der Waals surface area contributed by atoms with Crippen molar-refractivity contribution in [3.05, 3.63) is 22.3 Å². The van der Waals surface area contributed by atoms with Gasteiger partial charge < -0.3 is 14.4 Å². The van der Waals surface area contributed by atoms with Crippen LogP contribution in [-0.4, -0.2) is 59.0 Å². The number of hydrogen-bond donors (Lipinski definition) is 0. The first kappa shape index (κ1) is 23.0. The lowest BCUT2D eigenvalue weighted by atomic mass is 10.1. The predicted molar refractivity (Wildman–Crippen MR) is 118 cm³/mol. The molecule has 0 saturated heterocycles. The highest BCUT2D eigenvalue weighted by atomic mass is 35.5. The molecular weight excluding hydrogens is 396 g/mol. The van der Waals surface area contributed by atoms with E-state index in [-0.39, 0.29) is 11.1 Å². The highest BCUT2D eigenvalue weighted by Gasteiger charge is 2.27. The number of amides is 1. The Bertz CT molecular complexity index is 728. The maximum absolute atomic E-state index is 12.8. The van der Waals surface area contributed by atoms with Gasteiger partial charge in [-0.25, -0.2) is 4.98 Å². The van der Waals surface area contributed by atoms with Crippen LogP contribution in [0.2, 0.25) is 5.15 Å². The second-order valence-electron chi connectivity index (χ2n) is 8.56. The van der Waals surface area contributed by atoms with E-state index in [4.69, 9.17) is 11.6 Å². The number of aromatic nitrogens is 1. The summed E-state index contributed by atoms with van der Waals surface area (Å²) in [4.78, 5) is 20.8. The van der Waals surface area contributed by atoms with Gasteiger partial charge >= 0.3 is 0 Å². The van der Waals surface area contributed by atoms with Gasteiger partial charge in [0.2, 0.25) is 0 Å². The van der Waals surface area contributed by atoms with E-state index in [1.165, 1.54) is 36.8 Å². The van der Waals surface area contributed by atoms with Crippen molar-refractivity contribution in [1.82, 2.24) is 9.88 Å². The third-order valence-electron chi connectivity index (χ3n) is 4.83. The Kier molecular flexibility index (Phi) is 7.76. The Balaban J connectivity index is 2.38. The lowest BCUT2D eigenvalue weighted by Crippen LogP contribution is -2.28. The van der Waals surface area contributed by atoms with E-state index in [0.29, 0.717) is 22.9 Å². The van der Waals surface area contributed by atoms with Crippen molar-refractivity contribution in [1.29, 1.82) is 0 Å². The average Bonchev–Trinajstić information content (AvgIpc) is 3.11. The van der Waals surface area contributed by atoms with Crippen LogP contribution in [0.4, 0.5) is 5.82 Å². The fourth-order valence-electron chi connectivity index (χ4n) is 3.18.